The van der Waals surface area contributed by atoms with E-state index in [9.17, 15) is 9.59 Å². The number of carbonyl (C=O) groups is 2. The van der Waals surface area contributed by atoms with E-state index >= 15 is 0 Å². The molecule has 1 aliphatic rings. The number of aliphatic hydroxyl groups excluding tert-OH is 1. The zero-order valence-electron chi connectivity index (χ0n) is 11.8. The highest BCUT2D eigenvalue weighted by atomic mass is 35.5. The van der Waals surface area contributed by atoms with Crippen LogP contribution >= 0.6 is 11.6 Å². The van der Waals surface area contributed by atoms with E-state index in [-0.39, 0.29) is 37.1 Å². The second-order valence-electron chi connectivity index (χ2n) is 4.78. The summed E-state index contributed by atoms with van der Waals surface area (Å²) in [4.78, 5) is 25.6. The number of amides is 1. The van der Waals surface area contributed by atoms with E-state index in [4.69, 9.17) is 21.4 Å². The standard InChI is InChI=1S/C13H18ClN3O4/c1-2-21-13(20)10-7-15-17(3-4-18)12(10)16-8-9(6-14)5-11(16)19/h7,9,18H,2-6,8H2,1H3. The van der Waals surface area contributed by atoms with Crippen LogP contribution in [-0.4, -0.2) is 52.4 Å². The monoisotopic (exact) mass is 315 g/mol. The summed E-state index contributed by atoms with van der Waals surface area (Å²) in [5, 5.41) is 13.2. The fourth-order valence-electron chi connectivity index (χ4n) is 2.36. The Morgan fingerprint density at radius 2 is 2.38 bits per heavy atom. The van der Waals surface area contributed by atoms with Gasteiger partial charge in [-0.15, -0.1) is 11.6 Å². The van der Waals surface area contributed by atoms with Crippen molar-refractivity contribution in [2.45, 2.75) is 19.9 Å². The molecule has 0 aromatic carbocycles. The molecule has 1 aromatic rings. The highest BCUT2D eigenvalue weighted by molar-refractivity contribution is 6.18. The molecule has 0 aliphatic carbocycles. The second-order valence-corrected chi connectivity index (χ2v) is 5.09. The summed E-state index contributed by atoms with van der Waals surface area (Å²) in [6.45, 7) is 2.44. The Morgan fingerprint density at radius 3 is 2.95 bits per heavy atom. The lowest BCUT2D eigenvalue weighted by Crippen LogP contribution is -2.29. The van der Waals surface area contributed by atoms with Crippen LogP contribution in [-0.2, 0) is 16.1 Å². The highest BCUT2D eigenvalue weighted by Gasteiger charge is 2.35. The van der Waals surface area contributed by atoms with E-state index in [1.54, 1.807) is 6.92 Å². The molecule has 0 saturated carbocycles. The summed E-state index contributed by atoms with van der Waals surface area (Å²) in [5.41, 5.74) is 0.230. The van der Waals surface area contributed by atoms with Gasteiger partial charge in [0.25, 0.3) is 0 Å². The second kappa shape index (κ2) is 6.91. The molecule has 8 heteroatoms. The predicted molar refractivity (Wildman–Crippen MR) is 76.4 cm³/mol. The molecule has 1 aromatic heterocycles. The van der Waals surface area contributed by atoms with Gasteiger partial charge in [0, 0.05) is 18.8 Å². The number of alkyl halides is 1. The molecule has 1 fully saturated rings. The minimum absolute atomic E-state index is 0.0479. The van der Waals surface area contributed by atoms with Gasteiger partial charge in [-0.25, -0.2) is 9.48 Å². The maximum atomic E-state index is 12.1. The number of ether oxygens (including phenoxy) is 1. The lowest BCUT2D eigenvalue weighted by Gasteiger charge is -2.19. The van der Waals surface area contributed by atoms with Gasteiger partial charge >= 0.3 is 5.97 Å². The summed E-state index contributed by atoms with van der Waals surface area (Å²) < 4.78 is 6.43. The fraction of sp³-hybridized carbons (Fsp3) is 0.615. The normalized spacial score (nSPS) is 18.3. The van der Waals surface area contributed by atoms with Crippen LogP contribution in [0.25, 0.3) is 0 Å². The van der Waals surface area contributed by atoms with Crippen LogP contribution in [0.1, 0.15) is 23.7 Å². The summed E-state index contributed by atoms with van der Waals surface area (Å²) in [6.07, 6.45) is 1.71. The van der Waals surface area contributed by atoms with Crippen LogP contribution in [0.2, 0.25) is 0 Å². The van der Waals surface area contributed by atoms with E-state index in [1.165, 1.54) is 15.8 Å². The number of aromatic nitrogens is 2. The Morgan fingerprint density at radius 1 is 1.62 bits per heavy atom. The summed E-state index contributed by atoms with van der Waals surface area (Å²) in [5.74, 6) is 0.169. The van der Waals surface area contributed by atoms with E-state index in [0.717, 1.165) is 0 Å². The Hall–Kier alpha value is -1.60. The Labute approximate surface area is 127 Å². The molecule has 0 spiro atoms. The number of anilines is 1. The molecule has 1 unspecified atom stereocenters. The highest BCUT2D eigenvalue weighted by Crippen LogP contribution is 2.29. The van der Waals surface area contributed by atoms with E-state index in [0.29, 0.717) is 24.7 Å². The molecule has 0 bridgehead atoms. The van der Waals surface area contributed by atoms with Crippen LogP contribution in [0.15, 0.2) is 6.20 Å². The van der Waals surface area contributed by atoms with Crippen LogP contribution in [0.3, 0.4) is 0 Å². The van der Waals surface area contributed by atoms with Crippen LogP contribution < -0.4 is 4.90 Å². The summed E-state index contributed by atoms with van der Waals surface area (Å²) in [6, 6.07) is 0. The number of carbonyl (C=O) groups excluding carboxylic acids is 2. The van der Waals surface area contributed by atoms with E-state index in [1.807, 2.05) is 0 Å². The van der Waals surface area contributed by atoms with Crippen molar-refractivity contribution in [2.75, 3.05) is 30.5 Å². The minimum Gasteiger partial charge on any atom is -0.462 e. The molecule has 1 atom stereocenters. The topological polar surface area (TPSA) is 84.7 Å². The maximum Gasteiger partial charge on any atom is 0.343 e. The van der Waals surface area contributed by atoms with Gasteiger partial charge in [0.2, 0.25) is 5.91 Å². The number of rotatable bonds is 6. The smallest absolute Gasteiger partial charge is 0.343 e. The number of esters is 1. The van der Waals surface area contributed by atoms with E-state index < -0.39 is 5.97 Å². The quantitative estimate of drug-likeness (QED) is 0.615. The molecular weight excluding hydrogens is 298 g/mol. The molecule has 1 aliphatic heterocycles. The molecule has 21 heavy (non-hydrogen) atoms. The first-order valence-electron chi connectivity index (χ1n) is 6.82. The van der Waals surface area contributed by atoms with Gasteiger partial charge < -0.3 is 9.84 Å². The third-order valence-electron chi connectivity index (χ3n) is 3.30. The summed E-state index contributed by atoms with van der Waals surface area (Å²) in [7, 11) is 0. The number of hydrogen-bond donors (Lipinski definition) is 1. The van der Waals surface area contributed by atoms with Crippen molar-refractivity contribution in [3.05, 3.63) is 11.8 Å². The van der Waals surface area contributed by atoms with Crippen LogP contribution in [0, 0.1) is 5.92 Å². The molecule has 1 saturated heterocycles. The van der Waals surface area contributed by atoms with Gasteiger partial charge in [-0.3, -0.25) is 9.69 Å². The largest absolute Gasteiger partial charge is 0.462 e. The van der Waals surface area contributed by atoms with Crippen molar-refractivity contribution in [1.82, 2.24) is 9.78 Å². The van der Waals surface area contributed by atoms with Gasteiger partial charge in [0.15, 0.2) is 0 Å². The zero-order valence-corrected chi connectivity index (χ0v) is 12.5. The zero-order chi connectivity index (χ0) is 15.4. The first-order chi connectivity index (χ1) is 10.1. The lowest BCUT2D eigenvalue weighted by molar-refractivity contribution is -0.117. The Bertz CT molecular complexity index is 531. The van der Waals surface area contributed by atoms with Crippen molar-refractivity contribution >= 4 is 29.3 Å². The fourth-order valence-corrected chi connectivity index (χ4v) is 2.57. The average molecular weight is 316 g/mol. The average Bonchev–Trinajstić information content (AvgIpc) is 3.03. The van der Waals surface area contributed by atoms with Gasteiger partial charge in [0.1, 0.15) is 11.4 Å². The molecule has 1 amide bonds. The third kappa shape index (κ3) is 3.19. The number of hydrogen-bond acceptors (Lipinski definition) is 5. The molecule has 2 heterocycles. The lowest BCUT2D eigenvalue weighted by atomic mass is 10.1. The van der Waals surface area contributed by atoms with Gasteiger partial charge in [-0.1, -0.05) is 0 Å². The SMILES string of the molecule is CCOC(=O)c1cnn(CCO)c1N1CC(CCl)CC1=O. The Balaban J connectivity index is 2.37. The molecule has 0 radical (unpaired) electrons. The molecule has 1 N–H and O–H groups in total. The van der Waals surface area contributed by atoms with Crippen molar-refractivity contribution in [1.29, 1.82) is 0 Å². The van der Waals surface area contributed by atoms with Crippen molar-refractivity contribution in [3.8, 4) is 0 Å². The van der Waals surface area contributed by atoms with Gasteiger partial charge in [-0.2, -0.15) is 5.10 Å². The van der Waals surface area contributed by atoms with E-state index in [2.05, 4.69) is 5.10 Å². The minimum atomic E-state index is -0.529. The first kappa shape index (κ1) is 15.8. The number of aliphatic hydroxyl groups is 1. The maximum absolute atomic E-state index is 12.1. The molecule has 7 nitrogen and oxygen atoms in total. The summed E-state index contributed by atoms with van der Waals surface area (Å²) >= 11 is 5.82. The number of nitrogens with zero attached hydrogens (tertiary/aromatic N) is 3. The molecule has 116 valence electrons. The van der Waals surface area contributed by atoms with Crippen molar-refractivity contribution in [3.63, 3.8) is 0 Å². The molecular formula is C13H18ClN3O4. The predicted octanol–water partition coefficient (Wildman–Crippen LogP) is 0.644. The van der Waals surface area contributed by atoms with Crippen molar-refractivity contribution < 1.29 is 19.4 Å². The number of halogens is 1. The third-order valence-corrected chi connectivity index (χ3v) is 3.73. The van der Waals surface area contributed by atoms with Crippen LogP contribution in [0.5, 0.6) is 0 Å². The van der Waals surface area contributed by atoms with Gasteiger partial charge in [-0.05, 0) is 12.8 Å². The van der Waals surface area contributed by atoms with Crippen LogP contribution in [0.4, 0.5) is 5.82 Å². The van der Waals surface area contributed by atoms with Crippen molar-refractivity contribution in [2.24, 2.45) is 5.92 Å². The molecule has 2 rings (SSSR count). The first-order valence-corrected chi connectivity index (χ1v) is 7.35. The van der Waals surface area contributed by atoms with Gasteiger partial charge in [0.05, 0.1) is 26.0 Å². The Kier molecular flexibility index (Phi) is 5.19.